The van der Waals surface area contributed by atoms with Crippen LogP contribution in [0, 0.1) is 0 Å². The van der Waals surface area contributed by atoms with Gasteiger partial charge in [-0.05, 0) is 24.3 Å². The quantitative estimate of drug-likeness (QED) is 0.639. The Labute approximate surface area is 97.6 Å². The molecule has 0 aliphatic rings. The summed E-state index contributed by atoms with van der Waals surface area (Å²) in [6.07, 6.45) is 1.71. The van der Waals surface area contributed by atoms with Crippen LogP contribution in [-0.2, 0) is 7.05 Å². The van der Waals surface area contributed by atoms with Crippen molar-refractivity contribution >= 4 is 23.1 Å². The van der Waals surface area contributed by atoms with E-state index in [0.717, 1.165) is 0 Å². The van der Waals surface area contributed by atoms with Crippen LogP contribution in [0.25, 0.3) is 0 Å². The van der Waals surface area contributed by atoms with Crippen LogP contribution in [0.5, 0.6) is 0 Å². The Hall–Kier alpha value is -1.81. The van der Waals surface area contributed by atoms with Gasteiger partial charge in [-0.25, -0.2) is 0 Å². The number of aromatic nitrogens is 2. The maximum Gasteiger partial charge on any atom is 0.213 e. The highest BCUT2D eigenvalue weighted by atomic mass is 35.5. The second-order valence-corrected chi connectivity index (χ2v) is 3.85. The molecule has 5 heteroatoms. The topological polar surface area (TPSA) is 60.9 Å². The van der Waals surface area contributed by atoms with Crippen molar-refractivity contribution in [2.75, 3.05) is 5.73 Å². The summed E-state index contributed by atoms with van der Waals surface area (Å²) < 4.78 is 1.58. The van der Waals surface area contributed by atoms with E-state index in [0.29, 0.717) is 22.0 Å². The third kappa shape index (κ3) is 1.92. The molecule has 0 aliphatic carbocycles. The molecule has 0 spiro atoms. The molecule has 82 valence electrons. The number of hydrogen-bond acceptors (Lipinski definition) is 3. The largest absolute Gasteiger partial charge is 0.398 e. The maximum atomic E-state index is 11.9. The second-order valence-electron chi connectivity index (χ2n) is 3.44. The van der Waals surface area contributed by atoms with Gasteiger partial charge < -0.3 is 5.73 Å². The van der Waals surface area contributed by atoms with Gasteiger partial charge in [-0.15, -0.1) is 0 Å². The van der Waals surface area contributed by atoms with E-state index in [1.54, 1.807) is 42.2 Å². The number of hydrogen-bond donors (Lipinski definition) is 1. The number of halogens is 1. The highest BCUT2D eigenvalue weighted by molar-refractivity contribution is 6.33. The van der Waals surface area contributed by atoms with Crippen LogP contribution in [0.3, 0.4) is 0 Å². The van der Waals surface area contributed by atoms with Crippen molar-refractivity contribution in [2.24, 2.45) is 7.05 Å². The number of carbonyl (C=O) groups excluding carboxylic acids is 1. The molecule has 1 heterocycles. The molecule has 2 aromatic rings. The molecule has 0 amide bonds. The van der Waals surface area contributed by atoms with Crippen LogP contribution in [0.4, 0.5) is 5.69 Å². The molecule has 0 radical (unpaired) electrons. The van der Waals surface area contributed by atoms with E-state index >= 15 is 0 Å². The summed E-state index contributed by atoms with van der Waals surface area (Å²) in [5, 5.41) is 4.47. The molecule has 2 N–H and O–H groups in total. The predicted octanol–water partition coefficient (Wildman–Crippen LogP) is 1.89. The van der Waals surface area contributed by atoms with Crippen molar-refractivity contribution in [3.63, 3.8) is 0 Å². The minimum Gasteiger partial charge on any atom is -0.398 e. The van der Waals surface area contributed by atoms with Gasteiger partial charge in [0.25, 0.3) is 0 Å². The smallest absolute Gasteiger partial charge is 0.213 e. The Morgan fingerprint density at radius 1 is 1.44 bits per heavy atom. The fourth-order valence-corrected chi connectivity index (χ4v) is 1.49. The molecule has 0 unspecified atom stereocenters. The van der Waals surface area contributed by atoms with Crippen molar-refractivity contribution in [1.82, 2.24) is 9.78 Å². The van der Waals surface area contributed by atoms with Crippen molar-refractivity contribution in [2.45, 2.75) is 0 Å². The molecule has 4 nitrogen and oxygen atoms in total. The van der Waals surface area contributed by atoms with Crippen molar-refractivity contribution < 1.29 is 4.79 Å². The van der Waals surface area contributed by atoms with E-state index in [1.807, 2.05) is 0 Å². The molecule has 0 bridgehead atoms. The van der Waals surface area contributed by atoms with Crippen LogP contribution in [0.2, 0.25) is 5.02 Å². The zero-order valence-corrected chi connectivity index (χ0v) is 9.40. The van der Waals surface area contributed by atoms with Crippen molar-refractivity contribution in [1.29, 1.82) is 0 Å². The van der Waals surface area contributed by atoms with Crippen LogP contribution in [0.1, 0.15) is 16.1 Å². The molecule has 0 atom stereocenters. The fourth-order valence-electron chi connectivity index (χ4n) is 1.37. The first kappa shape index (κ1) is 10.7. The molecule has 0 fully saturated rings. The molecule has 0 saturated heterocycles. The lowest BCUT2D eigenvalue weighted by Crippen LogP contribution is -2.04. The molecule has 1 aromatic carbocycles. The van der Waals surface area contributed by atoms with Crippen molar-refractivity contribution in [3.8, 4) is 0 Å². The first-order chi connectivity index (χ1) is 7.58. The standard InChI is InChI=1S/C11H10ClN3O/c1-15-5-4-10(14-15)11(16)7-2-3-8(12)9(13)6-7/h2-6H,13H2,1H3. The zero-order chi connectivity index (χ0) is 11.7. The normalized spacial score (nSPS) is 10.4. The van der Waals surface area contributed by atoms with Crippen LogP contribution in [0.15, 0.2) is 30.5 Å². The first-order valence-electron chi connectivity index (χ1n) is 4.67. The highest BCUT2D eigenvalue weighted by Crippen LogP contribution is 2.20. The third-order valence-electron chi connectivity index (χ3n) is 2.20. The van der Waals surface area contributed by atoms with Gasteiger partial charge in [-0.3, -0.25) is 9.48 Å². The van der Waals surface area contributed by atoms with Crippen LogP contribution >= 0.6 is 11.6 Å². The highest BCUT2D eigenvalue weighted by Gasteiger charge is 2.12. The first-order valence-corrected chi connectivity index (χ1v) is 5.05. The van der Waals surface area contributed by atoms with Gasteiger partial charge in [0.05, 0.1) is 10.7 Å². The molecule has 16 heavy (non-hydrogen) atoms. The Balaban J connectivity index is 2.38. The van der Waals surface area contributed by atoms with Gasteiger partial charge in [0, 0.05) is 18.8 Å². The van der Waals surface area contributed by atoms with Gasteiger partial charge in [-0.1, -0.05) is 11.6 Å². The number of ketones is 1. The Kier molecular flexibility index (Phi) is 2.66. The Bertz CT molecular complexity index is 548. The summed E-state index contributed by atoms with van der Waals surface area (Å²) >= 11 is 5.78. The van der Waals surface area contributed by atoms with Gasteiger partial charge in [0.15, 0.2) is 0 Å². The number of nitrogen functional groups attached to an aromatic ring is 1. The summed E-state index contributed by atoms with van der Waals surface area (Å²) in [7, 11) is 1.76. The number of anilines is 1. The van der Waals surface area contributed by atoms with E-state index < -0.39 is 0 Å². The summed E-state index contributed by atoms with van der Waals surface area (Å²) in [4.78, 5) is 11.9. The lowest BCUT2D eigenvalue weighted by atomic mass is 10.1. The van der Waals surface area contributed by atoms with E-state index in [4.69, 9.17) is 17.3 Å². The van der Waals surface area contributed by atoms with E-state index in [1.165, 1.54) is 0 Å². The maximum absolute atomic E-state index is 11.9. The molecule has 0 aliphatic heterocycles. The SMILES string of the molecule is Cn1ccc(C(=O)c2ccc(Cl)c(N)c2)n1. The van der Waals surface area contributed by atoms with Crippen LogP contribution < -0.4 is 5.73 Å². The summed E-state index contributed by atoms with van der Waals surface area (Å²) in [6, 6.07) is 6.45. The number of nitrogens with zero attached hydrogens (tertiary/aromatic N) is 2. The monoisotopic (exact) mass is 235 g/mol. The molecule has 0 saturated carbocycles. The lowest BCUT2D eigenvalue weighted by Gasteiger charge is -2.01. The van der Waals surface area contributed by atoms with E-state index in [2.05, 4.69) is 5.10 Å². The molecular weight excluding hydrogens is 226 g/mol. The zero-order valence-electron chi connectivity index (χ0n) is 8.64. The predicted molar refractivity (Wildman–Crippen MR) is 62.5 cm³/mol. The van der Waals surface area contributed by atoms with Gasteiger partial charge in [0.2, 0.25) is 5.78 Å². The summed E-state index contributed by atoms with van der Waals surface area (Å²) in [5.74, 6) is -0.163. The molecular formula is C11H10ClN3O. The Morgan fingerprint density at radius 3 is 2.75 bits per heavy atom. The van der Waals surface area contributed by atoms with Crippen molar-refractivity contribution in [3.05, 3.63) is 46.7 Å². The Morgan fingerprint density at radius 2 is 2.19 bits per heavy atom. The lowest BCUT2D eigenvalue weighted by molar-refractivity contribution is 0.103. The summed E-state index contributed by atoms with van der Waals surface area (Å²) in [6.45, 7) is 0. The second kappa shape index (κ2) is 3.98. The number of benzene rings is 1. The minimum absolute atomic E-state index is 0.163. The van der Waals surface area contributed by atoms with Crippen LogP contribution in [-0.4, -0.2) is 15.6 Å². The fraction of sp³-hybridized carbons (Fsp3) is 0.0909. The molecule has 1 aromatic heterocycles. The van der Waals surface area contributed by atoms with E-state index in [9.17, 15) is 4.79 Å². The summed E-state index contributed by atoms with van der Waals surface area (Å²) in [5.41, 5.74) is 6.90. The van der Waals surface area contributed by atoms with Gasteiger partial charge >= 0.3 is 0 Å². The average molecular weight is 236 g/mol. The van der Waals surface area contributed by atoms with E-state index in [-0.39, 0.29) is 5.78 Å². The van der Waals surface area contributed by atoms with Gasteiger partial charge in [0.1, 0.15) is 5.69 Å². The number of rotatable bonds is 2. The number of aryl methyl sites for hydroxylation is 1. The number of carbonyl (C=O) groups is 1. The molecule has 2 rings (SSSR count). The number of nitrogens with two attached hydrogens (primary N) is 1. The third-order valence-corrected chi connectivity index (χ3v) is 2.55. The minimum atomic E-state index is -0.163. The average Bonchev–Trinajstić information content (AvgIpc) is 2.68. The van der Waals surface area contributed by atoms with Gasteiger partial charge in [-0.2, -0.15) is 5.10 Å².